The predicted octanol–water partition coefficient (Wildman–Crippen LogP) is 2.76. The number of hydrogen-bond acceptors (Lipinski definition) is 4. The summed E-state index contributed by atoms with van der Waals surface area (Å²) in [4.78, 5) is -0.114. The summed E-state index contributed by atoms with van der Waals surface area (Å²) in [6, 6.07) is 3.41. The van der Waals surface area contributed by atoms with E-state index in [1.54, 1.807) is 11.4 Å². The van der Waals surface area contributed by atoms with Crippen molar-refractivity contribution in [2.45, 2.75) is 18.0 Å². The Morgan fingerprint density at radius 2 is 2.05 bits per heavy atom. The van der Waals surface area contributed by atoms with Gasteiger partial charge in [0.1, 0.15) is 4.90 Å². The number of aliphatic hydroxyl groups is 1. The van der Waals surface area contributed by atoms with Crippen molar-refractivity contribution in [1.82, 2.24) is 4.72 Å². The first-order valence-electron chi connectivity index (χ1n) is 5.65. The molecule has 1 aromatic heterocycles. The molecule has 2 N–H and O–H groups in total. The van der Waals surface area contributed by atoms with Crippen molar-refractivity contribution in [2.24, 2.45) is 0 Å². The summed E-state index contributed by atoms with van der Waals surface area (Å²) in [5.74, 6) is -2.79. The molecule has 0 saturated carbocycles. The van der Waals surface area contributed by atoms with E-state index in [0.717, 1.165) is 16.6 Å². The molecule has 0 fully saturated rings. The van der Waals surface area contributed by atoms with Gasteiger partial charge in [-0.25, -0.2) is 21.9 Å². The van der Waals surface area contributed by atoms with Gasteiger partial charge in [0.2, 0.25) is 10.0 Å². The van der Waals surface area contributed by atoms with Crippen LogP contribution in [-0.2, 0) is 23.2 Å². The normalized spacial score (nSPS) is 11.8. The van der Waals surface area contributed by atoms with Gasteiger partial charge in [0.15, 0.2) is 11.6 Å². The maximum Gasteiger partial charge on any atom is 0.243 e. The molecule has 0 radical (unpaired) electrons. The van der Waals surface area contributed by atoms with E-state index in [-0.39, 0.29) is 12.1 Å². The van der Waals surface area contributed by atoms with E-state index in [9.17, 15) is 17.2 Å². The maximum atomic E-state index is 13.7. The van der Waals surface area contributed by atoms with Gasteiger partial charge >= 0.3 is 0 Å². The first-order valence-corrected chi connectivity index (χ1v) is 8.81. The van der Waals surface area contributed by atoms with Crippen molar-refractivity contribution in [3.63, 3.8) is 0 Å². The molecule has 4 nitrogen and oxygen atoms in total. The zero-order valence-electron chi connectivity index (χ0n) is 10.4. The molecule has 1 heterocycles. The van der Waals surface area contributed by atoms with Gasteiger partial charge in [-0.1, -0.05) is 0 Å². The monoisotopic (exact) mass is 397 g/mol. The third kappa shape index (κ3) is 3.67. The van der Waals surface area contributed by atoms with Crippen LogP contribution < -0.4 is 4.72 Å². The van der Waals surface area contributed by atoms with Gasteiger partial charge in [0.05, 0.1) is 6.61 Å². The molecule has 1 aromatic carbocycles. The number of aliphatic hydroxyl groups excluding tert-OH is 1. The fourth-order valence-electron chi connectivity index (χ4n) is 1.59. The zero-order chi connectivity index (χ0) is 15.6. The number of halogens is 3. The molecule has 2 aromatic rings. The van der Waals surface area contributed by atoms with Crippen molar-refractivity contribution in [1.29, 1.82) is 0 Å². The zero-order valence-corrected chi connectivity index (χ0v) is 13.7. The number of sulfonamides is 1. The first kappa shape index (κ1) is 16.5. The molecule has 0 aliphatic carbocycles. The van der Waals surface area contributed by atoms with Crippen LogP contribution in [0.3, 0.4) is 0 Å². The Bertz CT molecular complexity index is 762. The molecule has 114 valence electrons. The highest BCUT2D eigenvalue weighted by atomic mass is 79.9. The largest absolute Gasteiger partial charge is 0.392 e. The number of benzene rings is 1. The number of hydrogen-bond donors (Lipinski definition) is 2. The smallest absolute Gasteiger partial charge is 0.243 e. The van der Waals surface area contributed by atoms with Crippen LogP contribution in [0.25, 0.3) is 0 Å². The van der Waals surface area contributed by atoms with Gasteiger partial charge in [-0.2, -0.15) is 0 Å². The molecular weight excluding hydrogens is 388 g/mol. The molecule has 0 amide bonds. The Morgan fingerprint density at radius 1 is 1.33 bits per heavy atom. The predicted molar refractivity (Wildman–Crippen MR) is 78.3 cm³/mol. The van der Waals surface area contributed by atoms with Crippen LogP contribution in [0.15, 0.2) is 32.9 Å². The summed E-state index contributed by atoms with van der Waals surface area (Å²) >= 11 is 4.57. The molecule has 0 unspecified atom stereocenters. The van der Waals surface area contributed by atoms with Gasteiger partial charge in [-0.05, 0) is 45.1 Å². The highest BCUT2D eigenvalue weighted by molar-refractivity contribution is 9.10. The Kier molecular flexibility index (Phi) is 5.10. The first-order chi connectivity index (χ1) is 9.85. The van der Waals surface area contributed by atoms with Gasteiger partial charge in [-0.3, -0.25) is 0 Å². The van der Waals surface area contributed by atoms with Crippen LogP contribution in [0.4, 0.5) is 8.78 Å². The summed E-state index contributed by atoms with van der Waals surface area (Å²) in [6.07, 6.45) is 0. The second-order valence-corrected chi connectivity index (χ2v) is 7.65. The molecule has 2 rings (SSSR count). The van der Waals surface area contributed by atoms with E-state index < -0.39 is 33.2 Å². The summed E-state index contributed by atoms with van der Waals surface area (Å²) in [6.45, 7) is -0.638. The third-order valence-corrected chi connectivity index (χ3v) is 5.97. The van der Waals surface area contributed by atoms with Crippen molar-refractivity contribution in [2.75, 3.05) is 0 Å². The fourth-order valence-corrected chi connectivity index (χ4v) is 4.25. The average Bonchev–Trinajstić information content (AvgIpc) is 2.84. The Hall–Kier alpha value is -0.870. The number of rotatable bonds is 5. The van der Waals surface area contributed by atoms with E-state index in [0.29, 0.717) is 4.88 Å². The van der Waals surface area contributed by atoms with E-state index in [1.807, 2.05) is 0 Å². The van der Waals surface area contributed by atoms with Crippen molar-refractivity contribution in [3.8, 4) is 0 Å². The Labute approximate surface area is 132 Å². The van der Waals surface area contributed by atoms with Crippen LogP contribution in [0.2, 0.25) is 0 Å². The van der Waals surface area contributed by atoms with E-state index >= 15 is 0 Å². The molecule has 9 heteroatoms. The number of thiophene rings is 1. The van der Waals surface area contributed by atoms with Crippen molar-refractivity contribution >= 4 is 37.3 Å². The van der Waals surface area contributed by atoms with Crippen LogP contribution in [0.1, 0.15) is 10.4 Å². The lowest BCUT2D eigenvalue weighted by Crippen LogP contribution is -2.24. The molecule has 0 saturated heterocycles. The summed E-state index contributed by atoms with van der Waals surface area (Å²) in [7, 11) is -4.23. The average molecular weight is 398 g/mol. The minimum atomic E-state index is -4.23. The SMILES string of the molecule is O=S(=O)(NCc1sccc1Br)c1cc(CO)cc(F)c1F. The minimum absolute atomic E-state index is 0.0217. The highest BCUT2D eigenvalue weighted by Crippen LogP contribution is 2.24. The van der Waals surface area contributed by atoms with Gasteiger partial charge in [0.25, 0.3) is 0 Å². The van der Waals surface area contributed by atoms with Crippen LogP contribution >= 0.6 is 27.3 Å². The summed E-state index contributed by atoms with van der Waals surface area (Å²) in [5, 5.41) is 10.7. The lowest BCUT2D eigenvalue weighted by Gasteiger charge is -2.09. The topological polar surface area (TPSA) is 66.4 Å². The minimum Gasteiger partial charge on any atom is -0.392 e. The van der Waals surface area contributed by atoms with Crippen molar-refractivity contribution in [3.05, 3.63) is 50.1 Å². The maximum absolute atomic E-state index is 13.7. The molecule has 21 heavy (non-hydrogen) atoms. The van der Waals surface area contributed by atoms with Crippen molar-refractivity contribution < 1.29 is 22.3 Å². The second kappa shape index (κ2) is 6.49. The molecular formula is C12H10BrF2NO3S2. The molecule has 0 aliphatic rings. The molecule has 0 bridgehead atoms. The quantitative estimate of drug-likeness (QED) is 0.814. The van der Waals surface area contributed by atoms with Gasteiger partial charge in [-0.15, -0.1) is 11.3 Å². The van der Waals surface area contributed by atoms with Crippen LogP contribution in [0, 0.1) is 11.6 Å². The second-order valence-electron chi connectivity index (χ2n) is 4.06. The number of nitrogens with one attached hydrogen (secondary N) is 1. The lowest BCUT2D eigenvalue weighted by molar-refractivity contribution is 0.280. The van der Waals surface area contributed by atoms with Crippen LogP contribution in [0.5, 0.6) is 0 Å². The lowest BCUT2D eigenvalue weighted by atomic mass is 10.2. The van der Waals surface area contributed by atoms with E-state index in [1.165, 1.54) is 11.3 Å². The van der Waals surface area contributed by atoms with Crippen LogP contribution in [-0.4, -0.2) is 13.5 Å². The van der Waals surface area contributed by atoms with Gasteiger partial charge in [0, 0.05) is 15.9 Å². The molecule has 0 spiro atoms. The third-order valence-electron chi connectivity index (χ3n) is 2.64. The molecule has 0 aliphatic heterocycles. The highest BCUT2D eigenvalue weighted by Gasteiger charge is 2.23. The van der Waals surface area contributed by atoms with E-state index in [2.05, 4.69) is 20.7 Å². The van der Waals surface area contributed by atoms with Gasteiger partial charge < -0.3 is 5.11 Å². The summed E-state index contributed by atoms with van der Waals surface area (Å²) < 4.78 is 54.1. The standard InChI is InChI=1S/C12H10BrF2NO3S2/c13-8-1-2-20-10(8)5-16-21(18,19)11-4-7(6-17)3-9(14)12(11)15/h1-4,16-17H,5-6H2. The summed E-state index contributed by atoms with van der Waals surface area (Å²) in [5.41, 5.74) is -0.0217. The Balaban J connectivity index is 2.31. The Morgan fingerprint density at radius 3 is 2.62 bits per heavy atom. The molecule has 0 atom stereocenters. The fraction of sp³-hybridized carbons (Fsp3) is 0.167. The van der Waals surface area contributed by atoms with E-state index in [4.69, 9.17) is 5.11 Å².